The van der Waals surface area contributed by atoms with E-state index in [9.17, 15) is 14.9 Å². The van der Waals surface area contributed by atoms with Crippen molar-refractivity contribution in [1.82, 2.24) is 10.3 Å². The van der Waals surface area contributed by atoms with E-state index in [2.05, 4.69) is 10.3 Å². The van der Waals surface area contributed by atoms with Crippen LogP contribution in [0.2, 0.25) is 5.02 Å². The van der Waals surface area contributed by atoms with Crippen LogP contribution in [0.5, 0.6) is 5.75 Å². The van der Waals surface area contributed by atoms with Crippen LogP contribution < -0.4 is 10.1 Å². The molecule has 7 nitrogen and oxygen atoms in total. The number of amides is 1. The molecule has 1 N–H and O–H groups in total. The van der Waals surface area contributed by atoms with Gasteiger partial charge in [-0.3, -0.25) is 19.9 Å². The summed E-state index contributed by atoms with van der Waals surface area (Å²) in [5, 5.41) is 14.7. The molecule has 8 heteroatoms. The molecule has 0 aliphatic heterocycles. The van der Waals surface area contributed by atoms with Gasteiger partial charge < -0.3 is 10.1 Å². The van der Waals surface area contributed by atoms with E-state index in [1.165, 1.54) is 12.1 Å². The number of nitrogens with zero attached hydrogens (tertiary/aromatic N) is 2. The molecule has 0 bridgehead atoms. The molecule has 0 aliphatic rings. The van der Waals surface area contributed by atoms with Gasteiger partial charge in [-0.25, -0.2) is 0 Å². The van der Waals surface area contributed by atoms with Gasteiger partial charge in [0.25, 0.3) is 11.6 Å². The number of nitro groups is 1. The summed E-state index contributed by atoms with van der Waals surface area (Å²) in [6.45, 7) is 0.731. The molecule has 3 aromatic rings. The largest absolute Gasteiger partial charge is 0.491 e. The quantitative estimate of drug-likeness (QED) is 0.377. The Balaban J connectivity index is 1.52. The Morgan fingerprint density at radius 2 is 2.04 bits per heavy atom. The Hall–Kier alpha value is -3.19. The number of hydrogen-bond acceptors (Lipinski definition) is 5. The van der Waals surface area contributed by atoms with Crippen LogP contribution in [0.25, 0.3) is 10.9 Å². The molecule has 0 saturated carbocycles. The molecule has 138 valence electrons. The van der Waals surface area contributed by atoms with Crippen LogP contribution >= 0.6 is 11.6 Å². The van der Waals surface area contributed by atoms with Crippen molar-refractivity contribution in [2.24, 2.45) is 0 Å². The lowest BCUT2D eigenvalue weighted by atomic mass is 10.2. The third kappa shape index (κ3) is 4.51. The number of benzene rings is 2. The first kappa shape index (κ1) is 18.6. The third-order valence-electron chi connectivity index (χ3n) is 3.87. The highest BCUT2D eigenvalue weighted by Gasteiger charge is 2.15. The number of fused-ring (bicyclic) bond motifs is 1. The van der Waals surface area contributed by atoms with Gasteiger partial charge in [-0.2, -0.15) is 0 Å². The summed E-state index contributed by atoms with van der Waals surface area (Å²) in [4.78, 5) is 26.7. The molecule has 0 radical (unpaired) electrons. The molecule has 1 aromatic heterocycles. The second-order valence-electron chi connectivity index (χ2n) is 5.71. The van der Waals surface area contributed by atoms with E-state index >= 15 is 0 Å². The van der Waals surface area contributed by atoms with Gasteiger partial charge in [0.1, 0.15) is 11.3 Å². The molecule has 1 amide bonds. The van der Waals surface area contributed by atoms with Crippen molar-refractivity contribution in [2.45, 2.75) is 6.42 Å². The number of nitro benzene ring substituents is 1. The van der Waals surface area contributed by atoms with Gasteiger partial charge >= 0.3 is 0 Å². The molecule has 27 heavy (non-hydrogen) atoms. The van der Waals surface area contributed by atoms with E-state index in [1.807, 2.05) is 30.3 Å². The Kier molecular flexibility index (Phi) is 5.83. The molecule has 0 fully saturated rings. The lowest BCUT2D eigenvalue weighted by Crippen LogP contribution is -2.26. The zero-order valence-electron chi connectivity index (χ0n) is 14.2. The predicted molar refractivity (Wildman–Crippen MR) is 102 cm³/mol. The Bertz CT molecular complexity index is 988. The van der Waals surface area contributed by atoms with Gasteiger partial charge in [0.05, 0.1) is 22.1 Å². The maximum absolute atomic E-state index is 12.2. The van der Waals surface area contributed by atoms with E-state index in [0.717, 1.165) is 17.0 Å². The van der Waals surface area contributed by atoms with Crippen LogP contribution in [0.1, 0.15) is 16.8 Å². The normalized spacial score (nSPS) is 10.6. The standard InChI is InChI=1S/C19H16ClN3O4/c20-16-8-7-14(23(25)26)12-15(16)19(24)22-10-3-11-27-17-6-1-4-13-5-2-9-21-18(13)17/h1-2,4-9,12H,3,10-11H2,(H,22,24). The summed E-state index contributed by atoms with van der Waals surface area (Å²) in [6, 6.07) is 13.3. The fraction of sp³-hybridized carbons (Fsp3) is 0.158. The number of para-hydroxylation sites is 1. The molecule has 0 spiro atoms. The fourth-order valence-corrected chi connectivity index (χ4v) is 2.75. The van der Waals surface area contributed by atoms with Crippen LogP contribution in [-0.2, 0) is 0 Å². The van der Waals surface area contributed by atoms with Crippen molar-refractivity contribution < 1.29 is 14.5 Å². The predicted octanol–water partition coefficient (Wildman–Crippen LogP) is 4.00. The van der Waals surface area contributed by atoms with Crippen molar-refractivity contribution in [3.05, 3.63) is 75.4 Å². The van der Waals surface area contributed by atoms with Gasteiger partial charge in [0.15, 0.2) is 0 Å². The van der Waals surface area contributed by atoms with Crippen molar-refractivity contribution in [3.8, 4) is 5.75 Å². The molecular formula is C19H16ClN3O4. The molecule has 0 unspecified atom stereocenters. The fourth-order valence-electron chi connectivity index (χ4n) is 2.54. The summed E-state index contributed by atoms with van der Waals surface area (Å²) in [5.41, 5.74) is 0.675. The van der Waals surface area contributed by atoms with Crippen LogP contribution in [0.15, 0.2) is 54.7 Å². The average Bonchev–Trinajstić information content (AvgIpc) is 2.67. The third-order valence-corrected chi connectivity index (χ3v) is 4.19. The first-order valence-electron chi connectivity index (χ1n) is 8.25. The summed E-state index contributed by atoms with van der Waals surface area (Å²) in [5.74, 6) is 0.219. The number of hydrogen-bond donors (Lipinski definition) is 1. The van der Waals surface area contributed by atoms with Crippen molar-refractivity contribution in [3.63, 3.8) is 0 Å². The zero-order chi connectivity index (χ0) is 19.2. The lowest BCUT2D eigenvalue weighted by molar-refractivity contribution is -0.384. The van der Waals surface area contributed by atoms with Crippen molar-refractivity contribution in [1.29, 1.82) is 0 Å². The highest BCUT2D eigenvalue weighted by molar-refractivity contribution is 6.33. The second kappa shape index (κ2) is 8.46. The zero-order valence-corrected chi connectivity index (χ0v) is 15.0. The first-order valence-corrected chi connectivity index (χ1v) is 8.63. The monoisotopic (exact) mass is 385 g/mol. The summed E-state index contributed by atoms with van der Waals surface area (Å²) >= 11 is 5.96. The molecule has 3 rings (SSSR count). The molecular weight excluding hydrogens is 370 g/mol. The second-order valence-corrected chi connectivity index (χ2v) is 6.12. The number of rotatable bonds is 7. The van der Waals surface area contributed by atoms with E-state index in [1.54, 1.807) is 6.20 Å². The number of ether oxygens (including phenoxy) is 1. The smallest absolute Gasteiger partial charge is 0.270 e. The number of pyridine rings is 1. The molecule has 0 saturated heterocycles. The molecule has 1 heterocycles. The molecule has 0 atom stereocenters. The summed E-state index contributed by atoms with van der Waals surface area (Å²) < 4.78 is 5.75. The molecule has 2 aromatic carbocycles. The first-order chi connectivity index (χ1) is 13.1. The highest BCUT2D eigenvalue weighted by atomic mass is 35.5. The van der Waals surface area contributed by atoms with Gasteiger partial charge in [0.2, 0.25) is 0 Å². The number of nitrogens with one attached hydrogen (secondary N) is 1. The SMILES string of the molecule is O=C(NCCCOc1cccc2cccnc12)c1cc([N+](=O)[O-])ccc1Cl. The van der Waals surface area contributed by atoms with Crippen LogP contribution in [0.4, 0.5) is 5.69 Å². The van der Waals surface area contributed by atoms with Gasteiger partial charge in [-0.1, -0.05) is 29.8 Å². The number of carbonyl (C=O) groups excluding carboxylic acids is 1. The van der Waals surface area contributed by atoms with Gasteiger partial charge in [0, 0.05) is 30.3 Å². The summed E-state index contributed by atoms with van der Waals surface area (Å²) in [6.07, 6.45) is 2.26. The van der Waals surface area contributed by atoms with Crippen LogP contribution in [0, 0.1) is 10.1 Å². The number of halogens is 1. The maximum Gasteiger partial charge on any atom is 0.270 e. The van der Waals surface area contributed by atoms with E-state index in [-0.39, 0.29) is 16.3 Å². The average molecular weight is 386 g/mol. The summed E-state index contributed by atoms with van der Waals surface area (Å²) in [7, 11) is 0. The maximum atomic E-state index is 12.2. The Morgan fingerprint density at radius 3 is 2.85 bits per heavy atom. The minimum absolute atomic E-state index is 0.0741. The van der Waals surface area contributed by atoms with Crippen LogP contribution in [0.3, 0.4) is 0 Å². The molecule has 0 aliphatic carbocycles. The Morgan fingerprint density at radius 1 is 1.22 bits per heavy atom. The van der Waals surface area contributed by atoms with E-state index in [0.29, 0.717) is 25.3 Å². The minimum Gasteiger partial charge on any atom is -0.491 e. The van der Waals surface area contributed by atoms with Gasteiger partial charge in [-0.15, -0.1) is 0 Å². The van der Waals surface area contributed by atoms with Crippen molar-refractivity contribution in [2.75, 3.05) is 13.2 Å². The Labute approximate surface area is 160 Å². The van der Waals surface area contributed by atoms with E-state index in [4.69, 9.17) is 16.3 Å². The number of aromatic nitrogens is 1. The van der Waals surface area contributed by atoms with E-state index < -0.39 is 10.8 Å². The minimum atomic E-state index is -0.570. The number of non-ortho nitro benzene ring substituents is 1. The highest BCUT2D eigenvalue weighted by Crippen LogP contribution is 2.23. The van der Waals surface area contributed by atoms with Gasteiger partial charge in [-0.05, 0) is 24.6 Å². The lowest BCUT2D eigenvalue weighted by Gasteiger charge is -2.09. The van der Waals surface area contributed by atoms with Crippen molar-refractivity contribution >= 4 is 34.1 Å². The van der Waals surface area contributed by atoms with Crippen LogP contribution in [-0.4, -0.2) is 29.0 Å². The number of carbonyl (C=O) groups is 1. The topological polar surface area (TPSA) is 94.4 Å².